The molecular weight excluding hydrogens is 397 g/mol. The summed E-state index contributed by atoms with van der Waals surface area (Å²) in [4.78, 5) is 21.9. The number of ether oxygens (including phenoxy) is 2. The summed E-state index contributed by atoms with van der Waals surface area (Å²) in [5, 5.41) is 0. The van der Waals surface area contributed by atoms with Gasteiger partial charge in [0, 0.05) is 18.5 Å². The van der Waals surface area contributed by atoms with E-state index < -0.39 is 27.6 Å². The first kappa shape index (κ1) is 32.6. The van der Waals surface area contributed by atoms with E-state index in [1.165, 1.54) is 4.31 Å². The summed E-state index contributed by atoms with van der Waals surface area (Å²) in [5.74, 6) is -0.535. The van der Waals surface area contributed by atoms with Crippen molar-refractivity contribution in [1.82, 2.24) is 4.31 Å². The van der Waals surface area contributed by atoms with Crippen LogP contribution in [-0.2, 0) is 29.1 Å². The Balaban J connectivity index is -0.00000312. The Bertz CT molecular complexity index is 567. The Morgan fingerprint density at radius 1 is 1.14 bits per heavy atom. The van der Waals surface area contributed by atoms with Gasteiger partial charge in [-0.2, -0.15) is 4.31 Å². The Labute approximate surface area is 192 Å². The van der Waals surface area contributed by atoms with Crippen LogP contribution in [0.25, 0.3) is 0 Å². The number of rotatable bonds is 10. The SMILES string of the molecule is C[C@H](O[C@H](COC(=O)CC[C-]=O)CN(C(C)(C)C)S(C)(=O)=O)C(C)(C)C.[Na+].[OH-]. The quantitative estimate of drug-likeness (QED) is 0.250. The van der Waals surface area contributed by atoms with Crippen molar-refractivity contribution in [3.63, 3.8) is 0 Å². The molecule has 0 aliphatic heterocycles. The predicted molar refractivity (Wildman–Crippen MR) is 103 cm³/mol. The number of nitrogens with zero attached hydrogens (tertiary/aromatic N) is 1. The predicted octanol–water partition coefficient (Wildman–Crippen LogP) is -0.873. The van der Waals surface area contributed by atoms with Crippen molar-refractivity contribution in [2.24, 2.45) is 5.41 Å². The van der Waals surface area contributed by atoms with Gasteiger partial charge in [0.2, 0.25) is 10.0 Å². The van der Waals surface area contributed by atoms with E-state index in [0.29, 0.717) is 0 Å². The minimum absolute atomic E-state index is 0. The normalized spacial score (nSPS) is 14.5. The first-order chi connectivity index (χ1) is 11.6. The van der Waals surface area contributed by atoms with Crippen LogP contribution in [-0.4, -0.2) is 67.6 Å². The van der Waals surface area contributed by atoms with E-state index in [-0.39, 0.29) is 72.5 Å². The Morgan fingerprint density at radius 2 is 1.64 bits per heavy atom. The van der Waals surface area contributed by atoms with Crippen LogP contribution >= 0.6 is 0 Å². The fourth-order valence-electron chi connectivity index (χ4n) is 2.13. The average molecular weight is 433 g/mol. The van der Waals surface area contributed by atoms with Gasteiger partial charge in [-0.25, -0.2) is 8.42 Å². The second-order valence-corrected chi connectivity index (χ2v) is 10.5. The maximum Gasteiger partial charge on any atom is 1.00 e. The van der Waals surface area contributed by atoms with E-state index in [1.54, 1.807) is 27.1 Å². The molecule has 0 aliphatic carbocycles. The third kappa shape index (κ3) is 13.2. The zero-order chi connectivity index (χ0) is 20.8. The molecule has 162 valence electrons. The fraction of sp³-hybridized carbons (Fsp3) is 0.889. The third-order valence-electron chi connectivity index (χ3n) is 4.00. The summed E-state index contributed by atoms with van der Waals surface area (Å²) in [7, 11) is -3.48. The molecule has 0 aromatic rings. The van der Waals surface area contributed by atoms with Crippen molar-refractivity contribution in [3.05, 3.63) is 0 Å². The summed E-state index contributed by atoms with van der Waals surface area (Å²) >= 11 is 0. The molecule has 0 spiro atoms. The molecule has 0 unspecified atom stereocenters. The Morgan fingerprint density at radius 3 is 2.00 bits per heavy atom. The Kier molecular flexibility index (Phi) is 15.5. The molecule has 0 fully saturated rings. The van der Waals surface area contributed by atoms with Crippen LogP contribution in [0.2, 0.25) is 0 Å². The Hall–Kier alpha value is -0.0300. The zero-order valence-corrected chi connectivity index (χ0v) is 21.6. The molecule has 10 heteroatoms. The minimum atomic E-state index is -3.48. The van der Waals surface area contributed by atoms with E-state index in [1.807, 2.05) is 27.7 Å². The maximum absolute atomic E-state index is 12.2. The second kappa shape index (κ2) is 13.3. The molecule has 1 N–H and O–H groups in total. The van der Waals surface area contributed by atoms with Crippen LogP contribution in [0, 0.1) is 5.41 Å². The van der Waals surface area contributed by atoms with Gasteiger partial charge in [-0.05, 0) is 33.1 Å². The van der Waals surface area contributed by atoms with E-state index in [0.717, 1.165) is 6.26 Å². The molecule has 2 atom stereocenters. The van der Waals surface area contributed by atoms with Crippen LogP contribution in [0.1, 0.15) is 61.3 Å². The van der Waals surface area contributed by atoms with Crippen LogP contribution < -0.4 is 29.6 Å². The van der Waals surface area contributed by atoms with Crippen molar-refractivity contribution in [2.45, 2.75) is 79.1 Å². The van der Waals surface area contributed by atoms with Crippen LogP contribution in [0.4, 0.5) is 0 Å². The number of carbonyl (C=O) groups is 1. The molecule has 0 aliphatic rings. The smallest absolute Gasteiger partial charge is 0.870 e. The first-order valence-electron chi connectivity index (χ1n) is 8.73. The van der Waals surface area contributed by atoms with Gasteiger partial charge < -0.3 is 19.7 Å². The summed E-state index contributed by atoms with van der Waals surface area (Å²) in [5.41, 5.74) is -0.803. The molecule has 0 aromatic carbocycles. The summed E-state index contributed by atoms with van der Waals surface area (Å²) < 4.78 is 36.9. The molecular formula is C18H35NNaO7S-. The van der Waals surface area contributed by atoms with Crippen molar-refractivity contribution in [1.29, 1.82) is 0 Å². The molecule has 0 saturated heterocycles. The number of hydrogen-bond acceptors (Lipinski definition) is 7. The summed E-state index contributed by atoms with van der Waals surface area (Å²) in [6.07, 6.45) is 1.90. The van der Waals surface area contributed by atoms with E-state index in [9.17, 15) is 18.0 Å². The largest absolute Gasteiger partial charge is 1.00 e. The van der Waals surface area contributed by atoms with Crippen molar-refractivity contribution in [2.75, 3.05) is 19.4 Å². The minimum Gasteiger partial charge on any atom is -0.870 e. The van der Waals surface area contributed by atoms with Gasteiger partial charge in [0.15, 0.2) is 0 Å². The molecule has 0 bridgehead atoms. The molecule has 0 aromatic heterocycles. The topological polar surface area (TPSA) is 120 Å². The standard InChI is InChI=1S/C18H34NO6S.Na.H2O/c1-14(17(2,3)4)25-15(13-24-16(21)10-9-11-20)12-19(18(5,6)7)26(8,22)23;;/h14-15H,9-10,12-13H2,1-8H3;;1H2/q-1;+1;/p-1/t14-,15-;;/m0../s1. The molecule has 0 saturated carbocycles. The molecule has 0 rings (SSSR count). The van der Waals surface area contributed by atoms with E-state index >= 15 is 0 Å². The maximum atomic E-state index is 12.2. The van der Waals surface area contributed by atoms with Gasteiger partial charge in [-0.1, -0.05) is 20.8 Å². The molecule has 28 heavy (non-hydrogen) atoms. The summed E-state index contributed by atoms with van der Waals surface area (Å²) in [6.45, 7) is 13.3. The summed E-state index contributed by atoms with van der Waals surface area (Å²) in [6, 6.07) is 0. The van der Waals surface area contributed by atoms with E-state index in [4.69, 9.17) is 9.47 Å². The average Bonchev–Trinajstić information content (AvgIpc) is 2.43. The third-order valence-corrected chi connectivity index (χ3v) is 5.49. The van der Waals surface area contributed by atoms with Crippen LogP contribution in [0.15, 0.2) is 0 Å². The zero-order valence-electron chi connectivity index (χ0n) is 18.7. The first-order valence-corrected chi connectivity index (χ1v) is 10.6. The van der Waals surface area contributed by atoms with Crippen LogP contribution in [0.3, 0.4) is 0 Å². The second-order valence-electron chi connectivity index (χ2n) is 8.56. The van der Waals surface area contributed by atoms with Gasteiger partial charge in [-0.3, -0.25) is 11.1 Å². The fourth-order valence-corrected chi connectivity index (χ4v) is 3.56. The molecule has 8 nitrogen and oxygen atoms in total. The van der Waals surface area contributed by atoms with Gasteiger partial charge in [-0.15, -0.1) is 6.42 Å². The molecule has 0 heterocycles. The van der Waals surface area contributed by atoms with Gasteiger partial charge >= 0.3 is 35.5 Å². The van der Waals surface area contributed by atoms with Crippen LogP contribution in [0.5, 0.6) is 0 Å². The molecule has 0 amide bonds. The van der Waals surface area contributed by atoms with Gasteiger partial charge in [0.05, 0.1) is 12.4 Å². The van der Waals surface area contributed by atoms with E-state index in [2.05, 4.69) is 0 Å². The number of hydrogen-bond donors (Lipinski definition) is 0. The van der Waals surface area contributed by atoms with Crippen molar-refractivity contribution >= 4 is 22.3 Å². The monoisotopic (exact) mass is 432 g/mol. The van der Waals surface area contributed by atoms with Crippen molar-refractivity contribution < 1.29 is 62.5 Å². The number of sulfonamides is 1. The number of esters is 1. The van der Waals surface area contributed by atoms with Crippen molar-refractivity contribution in [3.8, 4) is 0 Å². The molecule has 0 radical (unpaired) electrons. The van der Waals surface area contributed by atoms with Gasteiger partial charge in [0.25, 0.3) is 0 Å². The number of carbonyl (C=O) groups excluding carboxylic acids is 2. The van der Waals surface area contributed by atoms with Gasteiger partial charge in [0.1, 0.15) is 12.7 Å².